The van der Waals surface area contributed by atoms with Gasteiger partial charge in [-0.2, -0.15) is 0 Å². The summed E-state index contributed by atoms with van der Waals surface area (Å²) in [5.74, 6) is 4.22. The van der Waals surface area contributed by atoms with Crippen molar-refractivity contribution < 1.29 is 14.3 Å². The second-order valence-electron chi connectivity index (χ2n) is 9.63. The highest BCUT2D eigenvalue weighted by Crippen LogP contribution is 2.42. The number of unbranched alkanes of at least 4 members (excludes halogenated alkanes) is 2. The Morgan fingerprint density at radius 3 is 1.97 bits per heavy atom. The maximum absolute atomic E-state index is 12.6. The molecule has 0 saturated heterocycles. The predicted octanol–water partition coefficient (Wildman–Crippen LogP) is 7.57. The van der Waals surface area contributed by atoms with E-state index >= 15 is 0 Å². The van der Waals surface area contributed by atoms with Gasteiger partial charge in [0, 0.05) is 0 Å². The van der Waals surface area contributed by atoms with E-state index in [-0.39, 0.29) is 11.9 Å². The van der Waals surface area contributed by atoms with Crippen LogP contribution in [-0.4, -0.2) is 12.6 Å². The molecule has 168 valence electrons. The van der Waals surface area contributed by atoms with Crippen molar-refractivity contribution in [3.05, 3.63) is 24.3 Å². The maximum Gasteiger partial charge on any atom is 0.314 e. The SMILES string of the molecule is CCCCOc1ccc(OC(=O)C2CCC(C3CCC(CCCC)CC3)CC2)cc1. The van der Waals surface area contributed by atoms with Gasteiger partial charge in [-0.1, -0.05) is 52.4 Å². The summed E-state index contributed by atoms with van der Waals surface area (Å²) in [4.78, 5) is 12.6. The van der Waals surface area contributed by atoms with E-state index in [0.717, 1.165) is 55.8 Å². The van der Waals surface area contributed by atoms with Gasteiger partial charge in [0.2, 0.25) is 0 Å². The van der Waals surface area contributed by atoms with E-state index in [2.05, 4.69) is 13.8 Å². The Morgan fingerprint density at radius 1 is 0.800 bits per heavy atom. The smallest absolute Gasteiger partial charge is 0.314 e. The summed E-state index contributed by atoms with van der Waals surface area (Å²) < 4.78 is 11.3. The van der Waals surface area contributed by atoms with Crippen molar-refractivity contribution in [2.75, 3.05) is 6.61 Å². The fourth-order valence-electron chi connectivity index (χ4n) is 5.41. The number of esters is 1. The minimum Gasteiger partial charge on any atom is -0.494 e. The van der Waals surface area contributed by atoms with Crippen LogP contribution in [0.25, 0.3) is 0 Å². The van der Waals surface area contributed by atoms with E-state index in [4.69, 9.17) is 9.47 Å². The Balaban J connectivity index is 1.37. The van der Waals surface area contributed by atoms with Crippen LogP contribution >= 0.6 is 0 Å². The van der Waals surface area contributed by atoms with Crippen LogP contribution in [0.4, 0.5) is 0 Å². The first-order valence-corrected chi connectivity index (χ1v) is 12.6. The molecule has 1 aromatic carbocycles. The molecule has 2 saturated carbocycles. The number of rotatable bonds is 10. The molecule has 0 radical (unpaired) electrons. The highest BCUT2D eigenvalue weighted by atomic mass is 16.5. The monoisotopic (exact) mass is 414 g/mol. The van der Waals surface area contributed by atoms with E-state index in [1.165, 1.54) is 57.8 Å². The lowest BCUT2D eigenvalue weighted by Crippen LogP contribution is -2.30. The minimum absolute atomic E-state index is 0.0450. The van der Waals surface area contributed by atoms with Crippen molar-refractivity contribution in [3.8, 4) is 11.5 Å². The van der Waals surface area contributed by atoms with Crippen molar-refractivity contribution in [1.82, 2.24) is 0 Å². The molecule has 0 atom stereocenters. The molecule has 0 spiro atoms. The number of ether oxygens (including phenoxy) is 2. The van der Waals surface area contributed by atoms with Crippen molar-refractivity contribution in [1.29, 1.82) is 0 Å². The summed E-state index contributed by atoms with van der Waals surface area (Å²) in [5, 5.41) is 0. The average Bonchev–Trinajstić information content (AvgIpc) is 2.79. The topological polar surface area (TPSA) is 35.5 Å². The van der Waals surface area contributed by atoms with Gasteiger partial charge in [0.15, 0.2) is 0 Å². The Morgan fingerprint density at radius 2 is 1.37 bits per heavy atom. The van der Waals surface area contributed by atoms with Crippen LogP contribution in [0.3, 0.4) is 0 Å². The van der Waals surface area contributed by atoms with Gasteiger partial charge in [-0.3, -0.25) is 4.79 Å². The molecule has 2 aliphatic carbocycles. The summed E-state index contributed by atoms with van der Waals surface area (Å²) >= 11 is 0. The van der Waals surface area contributed by atoms with E-state index < -0.39 is 0 Å². The third-order valence-electron chi connectivity index (χ3n) is 7.44. The van der Waals surface area contributed by atoms with Gasteiger partial charge in [0.05, 0.1) is 12.5 Å². The van der Waals surface area contributed by atoms with Gasteiger partial charge >= 0.3 is 5.97 Å². The van der Waals surface area contributed by atoms with Gasteiger partial charge in [-0.15, -0.1) is 0 Å². The Hall–Kier alpha value is -1.51. The van der Waals surface area contributed by atoms with E-state index in [9.17, 15) is 4.79 Å². The van der Waals surface area contributed by atoms with E-state index in [1.807, 2.05) is 24.3 Å². The van der Waals surface area contributed by atoms with E-state index in [1.54, 1.807) is 0 Å². The fraction of sp³-hybridized carbons (Fsp3) is 0.741. The predicted molar refractivity (Wildman–Crippen MR) is 123 cm³/mol. The largest absolute Gasteiger partial charge is 0.494 e. The summed E-state index contributed by atoms with van der Waals surface area (Å²) in [6.07, 6.45) is 16.5. The second kappa shape index (κ2) is 12.4. The summed E-state index contributed by atoms with van der Waals surface area (Å²) in [5.41, 5.74) is 0. The fourth-order valence-corrected chi connectivity index (χ4v) is 5.41. The summed E-state index contributed by atoms with van der Waals surface area (Å²) in [7, 11) is 0. The first kappa shape index (κ1) is 23.2. The van der Waals surface area contributed by atoms with Crippen molar-refractivity contribution in [2.24, 2.45) is 23.7 Å². The highest BCUT2D eigenvalue weighted by Gasteiger charge is 2.33. The molecule has 0 bridgehead atoms. The van der Waals surface area contributed by atoms with Crippen LogP contribution < -0.4 is 9.47 Å². The number of hydrogen-bond acceptors (Lipinski definition) is 3. The van der Waals surface area contributed by atoms with Crippen LogP contribution in [0, 0.1) is 23.7 Å². The zero-order valence-corrected chi connectivity index (χ0v) is 19.2. The molecule has 0 amide bonds. The van der Waals surface area contributed by atoms with Gasteiger partial charge in [-0.05, 0) is 87.0 Å². The van der Waals surface area contributed by atoms with Crippen LogP contribution in [0.1, 0.15) is 97.3 Å². The van der Waals surface area contributed by atoms with Crippen LogP contribution in [0.15, 0.2) is 24.3 Å². The molecule has 0 N–H and O–H groups in total. The summed E-state index contributed by atoms with van der Waals surface area (Å²) in [6.45, 7) is 5.19. The summed E-state index contributed by atoms with van der Waals surface area (Å²) in [6, 6.07) is 7.49. The standard InChI is InChI=1S/C27H42O3/c1-3-5-7-21-8-10-22(11-9-21)23-12-14-24(15-13-23)27(28)30-26-18-16-25(17-19-26)29-20-6-4-2/h16-19,21-24H,3-15,20H2,1-2H3. The molecule has 2 aliphatic rings. The van der Waals surface area contributed by atoms with E-state index in [0.29, 0.717) is 5.75 Å². The molecule has 3 heteroatoms. The van der Waals surface area contributed by atoms with Crippen LogP contribution in [0.5, 0.6) is 11.5 Å². The normalized spacial score (nSPS) is 26.9. The van der Waals surface area contributed by atoms with Crippen LogP contribution in [-0.2, 0) is 4.79 Å². The zero-order valence-electron chi connectivity index (χ0n) is 19.2. The number of benzene rings is 1. The Bertz CT molecular complexity index is 608. The number of carbonyl (C=O) groups is 1. The Kier molecular flexibility index (Phi) is 9.55. The third kappa shape index (κ3) is 7.03. The maximum atomic E-state index is 12.6. The van der Waals surface area contributed by atoms with Crippen molar-refractivity contribution in [2.45, 2.75) is 97.3 Å². The second-order valence-corrected chi connectivity index (χ2v) is 9.63. The number of carbonyl (C=O) groups excluding carboxylic acids is 1. The minimum atomic E-state index is -0.0450. The van der Waals surface area contributed by atoms with Gasteiger partial charge in [0.1, 0.15) is 11.5 Å². The first-order valence-electron chi connectivity index (χ1n) is 12.6. The van der Waals surface area contributed by atoms with Gasteiger partial charge < -0.3 is 9.47 Å². The zero-order chi connectivity index (χ0) is 21.2. The van der Waals surface area contributed by atoms with Crippen molar-refractivity contribution in [3.63, 3.8) is 0 Å². The van der Waals surface area contributed by atoms with Gasteiger partial charge in [0.25, 0.3) is 0 Å². The molecular formula is C27H42O3. The lowest BCUT2D eigenvalue weighted by Gasteiger charge is -2.37. The molecule has 2 fully saturated rings. The van der Waals surface area contributed by atoms with Crippen LogP contribution in [0.2, 0.25) is 0 Å². The lowest BCUT2D eigenvalue weighted by molar-refractivity contribution is -0.140. The van der Waals surface area contributed by atoms with Crippen molar-refractivity contribution >= 4 is 5.97 Å². The molecule has 0 heterocycles. The molecule has 3 rings (SSSR count). The number of hydrogen-bond donors (Lipinski definition) is 0. The average molecular weight is 415 g/mol. The molecule has 1 aromatic rings. The molecule has 0 unspecified atom stereocenters. The lowest BCUT2D eigenvalue weighted by atomic mass is 9.68. The molecule has 0 aromatic heterocycles. The quantitative estimate of drug-likeness (QED) is 0.225. The molecule has 3 nitrogen and oxygen atoms in total. The molecule has 30 heavy (non-hydrogen) atoms. The third-order valence-corrected chi connectivity index (χ3v) is 7.44. The first-order chi connectivity index (χ1) is 14.7. The molecule has 0 aliphatic heterocycles. The van der Waals surface area contributed by atoms with Gasteiger partial charge in [-0.25, -0.2) is 0 Å². The highest BCUT2D eigenvalue weighted by molar-refractivity contribution is 5.75. The molecular weight excluding hydrogens is 372 g/mol. The Labute approximate surface area is 183 Å².